The number of amides is 2. The van der Waals surface area contributed by atoms with E-state index in [1.165, 1.54) is 12.1 Å². The van der Waals surface area contributed by atoms with Crippen molar-refractivity contribution >= 4 is 29.2 Å². The SMILES string of the molecule is Cc1c(C(=O)N2C[C@@H](C)N[C@H](C)C2)c[nH]c1C=C1C(=O)Nc2cccc(-c3ccc(F)cc3)c21. The fourth-order valence-electron chi connectivity index (χ4n) is 4.95. The number of hydrogen-bond acceptors (Lipinski definition) is 3. The van der Waals surface area contributed by atoms with Crippen LogP contribution >= 0.6 is 0 Å². The molecule has 2 aliphatic rings. The number of rotatable bonds is 3. The first kappa shape index (κ1) is 22.1. The second-order valence-corrected chi connectivity index (χ2v) is 9.17. The van der Waals surface area contributed by atoms with Crippen molar-refractivity contribution in [3.63, 3.8) is 0 Å². The van der Waals surface area contributed by atoms with Crippen molar-refractivity contribution in [1.82, 2.24) is 15.2 Å². The van der Waals surface area contributed by atoms with Gasteiger partial charge in [-0.15, -0.1) is 0 Å². The molecule has 174 valence electrons. The molecule has 2 aliphatic heterocycles. The van der Waals surface area contributed by atoms with Crippen LogP contribution in [-0.2, 0) is 4.79 Å². The largest absolute Gasteiger partial charge is 0.361 e. The first-order valence-corrected chi connectivity index (χ1v) is 11.5. The van der Waals surface area contributed by atoms with Crippen LogP contribution in [0.25, 0.3) is 22.8 Å². The number of carbonyl (C=O) groups excluding carboxylic acids is 2. The fraction of sp³-hybridized carbons (Fsp3) is 0.259. The molecule has 34 heavy (non-hydrogen) atoms. The molecule has 6 nitrogen and oxygen atoms in total. The number of halogens is 1. The monoisotopic (exact) mass is 458 g/mol. The molecule has 0 saturated carbocycles. The van der Waals surface area contributed by atoms with E-state index in [0.717, 1.165) is 22.3 Å². The Kier molecular flexibility index (Phi) is 5.57. The molecule has 3 heterocycles. The van der Waals surface area contributed by atoms with Gasteiger partial charge in [0, 0.05) is 48.3 Å². The predicted molar refractivity (Wildman–Crippen MR) is 132 cm³/mol. The summed E-state index contributed by atoms with van der Waals surface area (Å²) in [5.74, 6) is -0.535. The average Bonchev–Trinajstić information content (AvgIpc) is 3.32. The first-order valence-electron chi connectivity index (χ1n) is 11.5. The van der Waals surface area contributed by atoms with Gasteiger partial charge in [0.05, 0.1) is 11.1 Å². The summed E-state index contributed by atoms with van der Waals surface area (Å²) in [5, 5.41) is 6.37. The Bertz CT molecular complexity index is 1300. The molecule has 2 atom stereocenters. The van der Waals surface area contributed by atoms with Crippen LogP contribution in [0.4, 0.5) is 10.1 Å². The zero-order valence-electron chi connectivity index (χ0n) is 19.4. The average molecular weight is 459 g/mol. The first-order chi connectivity index (χ1) is 16.3. The van der Waals surface area contributed by atoms with Crippen LogP contribution in [0.2, 0.25) is 0 Å². The summed E-state index contributed by atoms with van der Waals surface area (Å²) in [6.45, 7) is 7.35. The molecule has 0 bridgehead atoms. The van der Waals surface area contributed by atoms with Crippen LogP contribution in [0.5, 0.6) is 0 Å². The van der Waals surface area contributed by atoms with E-state index < -0.39 is 0 Å². The van der Waals surface area contributed by atoms with Crippen molar-refractivity contribution in [2.24, 2.45) is 0 Å². The zero-order chi connectivity index (χ0) is 24.0. The molecule has 0 spiro atoms. The highest BCUT2D eigenvalue weighted by molar-refractivity contribution is 6.36. The number of nitrogens with zero attached hydrogens (tertiary/aromatic N) is 1. The maximum absolute atomic E-state index is 13.5. The lowest BCUT2D eigenvalue weighted by atomic mass is 9.94. The predicted octanol–water partition coefficient (Wildman–Crippen LogP) is 4.44. The van der Waals surface area contributed by atoms with E-state index in [2.05, 4.69) is 29.5 Å². The van der Waals surface area contributed by atoms with Crippen LogP contribution < -0.4 is 10.6 Å². The van der Waals surface area contributed by atoms with E-state index >= 15 is 0 Å². The Hall–Kier alpha value is -3.71. The van der Waals surface area contributed by atoms with Crippen molar-refractivity contribution in [3.8, 4) is 11.1 Å². The van der Waals surface area contributed by atoms with Crippen LogP contribution in [0, 0.1) is 12.7 Å². The van der Waals surface area contributed by atoms with Gasteiger partial charge in [0.1, 0.15) is 5.82 Å². The van der Waals surface area contributed by atoms with Gasteiger partial charge in [-0.2, -0.15) is 0 Å². The number of H-pyrrole nitrogens is 1. The lowest BCUT2D eigenvalue weighted by Crippen LogP contribution is -2.55. The number of aromatic nitrogens is 1. The minimum Gasteiger partial charge on any atom is -0.361 e. The van der Waals surface area contributed by atoms with Crippen LogP contribution in [0.15, 0.2) is 48.7 Å². The number of benzene rings is 2. The second kappa shape index (κ2) is 8.57. The van der Waals surface area contributed by atoms with E-state index in [9.17, 15) is 14.0 Å². The summed E-state index contributed by atoms with van der Waals surface area (Å²) in [6, 6.07) is 12.3. The van der Waals surface area contributed by atoms with Gasteiger partial charge in [0.25, 0.3) is 11.8 Å². The number of carbonyl (C=O) groups is 2. The Morgan fingerprint density at radius 2 is 1.79 bits per heavy atom. The van der Waals surface area contributed by atoms with Gasteiger partial charge in [-0.05, 0) is 61.7 Å². The van der Waals surface area contributed by atoms with Gasteiger partial charge in [0.15, 0.2) is 0 Å². The maximum Gasteiger partial charge on any atom is 0.256 e. The number of piperazine rings is 1. The van der Waals surface area contributed by atoms with E-state index in [4.69, 9.17) is 0 Å². The van der Waals surface area contributed by atoms with Crippen LogP contribution in [0.1, 0.15) is 41.0 Å². The minimum atomic E-state index is -0.311. The summed E-state index contributed by atoms with van der Waals surface area (Å²) in [4.78, 5) is 31.2. The number of fused-ring (bicyclic) bond motifs is 1. The van der Waals surface area contributed by atoms with Crippen molar-refractivity contribution in [2.75, 3.05) is 18.4 Å². The summed E-state index contributed by atoms with van der Waals surface area (Å²) < 4.78 is 13.5. The summed E-state index contributed by atoms with van der Waals surface area (Å²) in [7, 11) is 0. The van der Waals surface area contributed by atoms with E-state index in [-0.39, 0.29) is 29.7 Å². The molecule has 1 fully saturated rings. The standard InChI is InChI=1S/C27H27FN4O2/c1-15-13-32(14-16(2)30-15)27(34)22-12-29-24(17(22)3)11-21-25-20(18-7-9-19(28)10-8-18)5-4-6-23(25)31-26(21)33/h4-12,15-16,29-30H,13-14H2,1-3H3,(H,31,33)/t15-,16-/m1/s1. The molecule has 0 radical (unpaired) electrons. The topological polar surface area (TPSA) is 77.2 Å². The van der Waals surface area contributed by atoms with Crippen molar-refractivity contribution in [2.45, 2.75) is 32.9 Å². The molecular formula is C27H27FN4O2. The third-order valence-corrected chi connectivity index (χ3v) is 6.53. The molecular weight excluding hydrogens is 431 g/mol. The quantitative estimate of drug-likeness (QED) is 0.508. The zero-order valence-corrected chi connectivity index (χ0v) is 19.4. The van der Waals surface area contributed by atoms with Gasteiger partial charge < -0.3 is 20.5 Å². The van der Waals surface area contributed by atoms with Crippen LogP contribution in [0.3, 0.4) is 0 Å². The molecule has 0 aliphatic carbocycles. The lowest BCUT2D eigenvalue weighted by molar-refractivity contribution is -0.110. The molecule has 2 aromatic carbocycles. The second-order valence-electron chi connectivity index (χ2n) is 9.17. The Morgan fingerprint density at radius 1 is 1.09 bits per heavy atom. The molecule has 2 amide bonds. The van der Waals surface area contributed by atoms with Crippen LogP contribution in [-0.4, -0.2) is 46.9 Å². The summed E-state index contributed by atoms with van der Waals surface area (Å²) >= 11 is 0. The Labute approximate surface area is 197 Å². The molecule has 3 aromatic rings. The van der Waals surface area contributed by atoms with Crippen molar-refractivity contribution < 1.29 is 14.0 Å². The molecule has 3 N–H and O–H groups in total. The number of nitrogens with one attached hydrogen (secondary N) is 3. The number of aromatic amines is 1. The maximum atomic E-state index is 13.5. The van der Waals surface area contributed by atoms with E-state index in [1.54, 1.807) is 24.4 Å². The van der Waals surface area contributed by atoms with E-state index in [1.807, 2.05) is 30.0 Å². The van der Waals surface area contributed by atoms with Gasteiger partial charge in [-0.25, -0.2) is 4.39 Å². The third kappa shape index (κ3) is 3.92. The minimum absolute atomic E-state index is 0.0122. The number of anilines is 1. The summed E-state index contributed by atoms with van der Waals surface area (Å²) in [6.07, 6.45) is 3.52. The Balaban J connectivity index is 1.52. The smallest absolute Gasteiger partial charge is 0.256 e. The highest BCUT2D eigenvalue weighted by atomic mass is 19.1. The lowest BCUT2D eigenvalue weighted by Gasteiger charge is -2.36. The molecule has 1 aromatic heterocycles. The Morgan fingerprint density at radius 3 is 2.50 bits per heavy atom. The molecule has 0 unspecified atom stereocenters. The highest BCUT2D eigenvalue weighted by Gasteiger charge is 2.30. The number of hydrogen-bond donors (Lipinski definition) is 3. The third-order valence-electron chi connectivity index (χ3n) is 6.53. The van der Waals surface area contributed by atoms with Crippen molar-refractivity contribution in [3.05, 3.63) is 76.9 Å². The fourth-order valence-corrected chi connectivity index (χ4v) is 4.95. The van der Waals surface area contributed by atoms with E-state index in [0.29, 0.717) is 35.6 Å². The molecule has 1 saturated heterocycles. The highest BCUT2D eigenvalue weighted by Crippen LogP contribution is 2.40. The van der Waals surface area contributed by atoms with Gasteiger partial charge in [-0.1, -0.05) is 24.3 Å². The molecule has 5 rings (SSSR count). The normalized spacial score (nSPS) is 21.0. The van der Waals surface area contributed by atoms with Gasteiger partial charge >= 0.3 is 0 Å². The van der Waals surface area contributed by atoms with Crippen molar-refractivity contribution in [1.29, 1.82) is 0 Å². The van der Waals surface area contributed by atoms with Gasteiger partial charge in [0.2, 0.25) is 0 Å². The summed E-state index contributed by atoms with van der Waals surface area (Å²) in [5.41, 5.74) is 5.77. The van der Waals surface area contributed by atoms with Gasteiger partial charge in [-0.3, -0.25) is 9.59 Å². The molecule has 7 heteroatoms.